The van der Waals surface area contributed by atoms with Crippen molar-refractivity contribution in [1.82, 2.24) is 10.3 Å². The number of fused-ring (bicyclic) bond motifs is 1. The van der Waals surface area contributed by atoms with Gasteiger partial charge in [-0.05, 0) is 37.3 Å². The van der Waals surface area contributed by atoms with E-state index in [1.54, 1.807) is 0 Å². The molecule has 0 spiro atoms. The quantitative estimate of drug-likeness (QED) is 0.916. The van der Waals surface area contributed by atoms with E-state index in [9.17, 15) is 18.8 Å². The smallest absolute Gasteiger partial charge is 0.255 e. The second-order valence-electron chi connectivity index (χ2n) is 6.02. The summed E-state index contributed by atoms with van der Waals surface area (Å²) in [6, 6.07) is 4.08. The van der Waals surface area contributed by atoms with Crippen molar-refractivity contribution >= 4 is 11.7 Å². The number of nitrogens with one attached hydrogen (secondary N) is 1. The van der Waals surface area contributed by atoms with Crippen LogP contribution in [0.25, 0.3) is 0 Å². The Morgan fingerprint density at radius 3 is 2.87 bits per heavy atom. The van der Waals surface area contributed by atoms with E-state index >= 15 is 0 Å². The van der Waals surface area contributed by atoms with Crippen molar-refractivity contribution in [2.75, 3.05) is 24.5 Å². The normalized spacial score (nSPS) is 17.4. The summed E-state index contributed by atoms with van der Waals surface area (Å²) in [5.74, 6) is -0.0674. The molecule has 2 heterocycles. The fourth-order valence-electron chi connectivity index (χ4n) is 3.09. The van der Waals surface area contributed by atoms with E-state index in [1.807, 2.05) is 11.0 Å². The largest absolute Gasteiger partial charge is 0.354 e. The second kappa shape index (κ2) is 6.49. The van der Waals surface area contributed by atoms with E-state index in [1.165, 1.54) is 0 Å². The molecule has 0 atom stereocenters. The number of pyridine rings is 1. The number of hydrogen-bond acceptors (Lipinski definition) is 4. The lowest BCUT2D eigenvalue weighted by atomic mass is 9.93. The molecule has 0 saturated carbocycles. The number of carbonyl (C=O) groups is 1. The Morgan fingerprint density at radius 1 is 1.43 bits per heavy atom. The van der Waals surface area contributed by atoms with E-state index in [0.29, 0.717) is 24.5 Å². The Kier molecular flexibility index (Phi) is 4.42. The Morgan fingerprint density at radius 2 is 2.17 bits per heavy atom. The van der Waals surface area contributed by atoms with Crippen LogP contribution in [0.3, 0.4) is 0 Å². The minimum absolute atomic E-state index is 0.321. The van der Waals surface area contributed by atoms with Gasteiger partial charge < -0.3 is 10.2 Å². The van der Waals surface area contributed by atoms with Crippen LogP contribution in [0.15, 0.2) is 6.07 Å². The maximum atomic E-state index is 12.1. The number of alkyl halides is 2. The van der Waals surface area contributed by atoms with Crippen molar-refractivity contribution in [1.29, 1.82) is 5.26 Å². The van der Waals surface area contributed by atoms with Gasteiger partial charge in [0.2, 0.25) is 5.91 Å². The molecule has 3 rings (SSSR count). The Hall–Kier alpha value is -2.23. The number of carbonyl (C=O) groups excluding carboxylic acids is 1. The molecule has 7 heteroatoms. The van der Waals surface area contributed by atoms with E-state index in [2.05, 4.69) is 16.4 Å². The Balaban J connectivity index is 1.67. The summed E-state index contributed by atoms with van der Waals surface area (Å²) in [4.78, 5) is 18.2. The first-order chi connectivity index (χ1) is 11.1. The monoisotopic (exact) mass is 320 g/mol. The molecule has 0 radical (unpaired) electrons. The van der Waals surface area contributed by atoms with Crippen LogP contribution >= 0.6 is 0 Å². The first-order valence-corrected chi connectivity index (χ1v) is 7.82. The maximum absolute atomic E-state index is 12.1. The highest BCUT2D eigenvalue weighted by atomic mass is 19.3. The average molecular weight is 320 g/mol. The molecule has 5 nitrogen and oxygen atoms in total. The van der Waals surface area contributed by atoms with Crippen molar-refractivity contribution < 1.29 is 13.6 Å². The standard InChI is InChI=1S/C16H18F2N4O/c17-14(18)7-20-16(23)12-8-22(9-12)15-11(6-19)5-10-3-1-2-4-13(10)21-15/h5,12,14H,1-4,7-9H2,(H,20,23). The van der Waals surface area contributed by atoms with E-state index in [4.69, 9.17) is 0 Å². The van der Waals surface area contributed by atoms with Gasteiger partial charge in [-0.15, -0.1) is 0 Å². The van der Waals surface area contributed by atoms with Gasteiger partial charge in [0, 0.05) is 18.8 Å². The van der Waals surface area contributed by atoms with Crippen molar-refractivity contribution in [3.63, 3.8) is 0 Å². The predicted octanol–water partition coefficient (Wildman–Crippen LogP) is 1.65. The summed E-state index contributed by atoms with van der Waals surface area (Å²) in [5, 5.41) is 11.6. The zero-order valence-electron chi connectivity index (χ0n) is 12.7. The van der Waals surface area contributed by atoms with Gasteiger partial charge in [-0.25, -0.2) is 13.8 Å². The summed E-state index contributed by atoms with van der Waals surface area (Å²) in [5.41, 5.74) is 2.70. The van der Waals surface area contributed by atoms with Gasteiger partial charge in [-0.1, -0.05) is 0 Å². The first kappa shape index (κ1) is 15.7. The summed E-state index contributed by atoms with van der Waals surface area (Å²) in [6.07, 6.45) is 1.55. The molecule has 1 saturated heterocycles. The van der Waals surface area contributed by atoms with Crippen molar-refractivity contribution in [2.45, 2.75) is 32.1 Å². The number of nitrogens with zero attached hydrogens (tertiary/aromatic N) is 3. The number of rotatable bonds is 4. The fraction of sp³-hybridized carbons (Fsp3) is 0.562. The molecule has 1 aliphatic carbocycles. The predicted molar refractivity (Wildman–Crippen MR) is 80.3 cm³/mol. The van der Waals surface area contributed by atoms with Crippen LogP contribution in [0.2, 0.25) is 0 Å². The average Bonchev–Trinajstić information content (AvgIpc) is 2.50. The van der Waals surface area contributed by atoms with Gasteiger partial charge in [-0.3, -0.25) is 4.79 Å². The molecule has 23 heavy (non-hydrogen) atoms. The summed E-state index contributed by atoms with van der Waals surface area (Å²) < 4.78 is 24.2. The number of halogens is 2. The number of amides is 1. The van der Waals surface area contributed by atoms with Crippen LogP contribution < -0.4 is 10.2 Å². The lowest BCUT2D eigenvalue weighted by Crippen LogP contribution is -2.54. The molecule has 2 aliphatic rings. The number of anilines is 1. The molecule has 0 bridgehead atoms. The zero-order chi connectivity index (χ0) is 16.4. The SMILES string of the molecule is N#Cc1cc2c(nc1N1CC(C(=O)NCC(F)F)C1)CCCC2. The van der Waals surface area contributed by atoms with Crippen molar-refractivity contribution in [2.24, 2.45) is 5.92 Å². The van der Waals surface area contributed by atoms with Gasteiger partial charge in [0.25, 0.3) is 6.43 Å². The van der Waals surface area contributed by atoms with Gasteiger partial charge in [-0.2, -0.15) is 5.26 Å². The van der Waals surface area contributed by atoms with E-state index in [0.717, 1.165) is 36.9 Å². The molecule has 1 aliphatic heterocycles. The van der Waals surface area contributed by atoms with E-state index in [-0.39, 0.29) is 11.8 Å². The van der Waals surface area contributed by atoms with Crippen molar-refractivity contribution in [3.05, 3.63) is 22.9 Å². The maximum Gasteiger partial charge on any atom is 0.255 e. The Labute approximate surface area is 133 Å². The second-order valence-corrected chi connectivity index (χ2v) is 6.02. The third-order valence-electron chi connectivity index (χ3n) is 4.38. The lowest BCUT2D eigenvalue weighted by molar-refractivity contribution is -0.126. The highest BCUT2D eigenvalue weighted by Gasteiger charge is 2.35. The van der Waals surface area contributed by atoms with Crippen LogP contribution in [0.4, 0.5) is 14.6 Å². The lowest BCUT2D eigenvalue weighted by Gasteiger charge is -2.40. The zero-order valence-corrected chi connectivity index (χ0v) is 12.7. The van der Waals surface area contributed by atoms with Crippen LogP contribution in [-0.4, -0.2) is 37.0 Å². The third-order valence-corrected chi connectivity index (χ3v) is 4.38. The minimum atomic E-state index is -2.54. The molecule has 0 aromatic carbocycles. The third kappa shape index (κ3) is 3.26. The van der Waals surface area contributed by atoms with Crippen LogP contribution in [0.1, 0.15) is 29.7 Å². The topological polar surface area (TPSA) is 69.0 Å². The molecule has 1 N–H and O–H groups in total. The number of aromatic nitrogens is 1. The number of aryl methyl sites for hydroxylation is 2. The Bertz CT molecular complexity index is 650. The first-order valence-electron chi connectivity index (χ1n) is 7.82. The van der Waals surface area contributed by atoms with Crippen LogP contribution in [-0.2, 0) is 17.6 Å². The van der Waals surface area contributed by atoms with Crippen LogP contribution in [0.5, 0.6) is 0 Å². The summed E-state index contributed by atoms with van der Waals surface area (Å²) in [6.45, 7) is 0.209. The van der Waals surface area contributed by atoms with Crippen molar-refractivity contribution in [3.8, 4) is 6.07 Å². The fourth-order valence-corrected chi connectivity index (χ4v) is 3.09. The van der Waals surface area contributed by atoms with E-state index < -0.39 is 13.0 Å². The molecule has 0 unspecified atom stereocenters. The highest BCUT2D eigenvalue weighted by Crippen LogP contribution is 2.30. The van der Waals surface area contributed by atoms with Gasteiger partial charge in [0.05, 0.1) is 18.0 Å². The van der Waals surface area contributed by atoms with Gasteiger partial charge in [0.1, 0.15) is 11.9 Å². The summed E-state index contributed by atoms with van der Waals surface area (Å²) >= 11 is 0. The molecule has 1 amide bonds. The van der Waals surface area contributed by atoms with Gasteiger partial charge in [0.15, 0.2) is 0 Å². The molecule has 122 valence electrons. The summed E-state index contributed by atoms with van der Waals surface area (Å²) in [7, 11) is 0. The minimum Gasteiger partial charge on any atom is -0.354 e. The molecular weight excluding hydrogens is 302 g/mol. The molecule has 1 fully saturated rings. The van der Waals surface area contributed by atoms with Gasteiger partial charge >= 0.3 is 0 Å². The number of nitriles is 1. The van der Waals surface area contributed by atoms with Crippen LogP contribution in [0, 0.1) is 17.2 Å². The molecular formula is C16H18F2N4O. The molecule has 1 aromatic heterocycles. The molecule has 1 aromatic rings. The number of hydrogen-bond donors (Lipinski definition) is 1. The highest BCUT2D eigenvalue weighted by molar-refractivity contribution is 5.82.